The van der Waals surface area contributed by atoms with Crippen LogP contribution in [0.15, 0.2) is 11.6 Å². The number of hydrogen-bond donors (Lipinski definition) is 1. The fraction of sp³-hybridized carbons (Fsp3) is 0.846. The average Bonchev–Trinajstić information content (AvgIpc) is 2.64. The summed E-state index contributed by atoms with van der Waals surface area (Å²) < 4.78 is 0. The zero-order chi connectivity index (χ0) is 10.4. The van der Waals surface area contributed by atoms with Gasteiger partial charge in [-0.1, -0.05) is 31.4 Å². The smallest absolute Gasteiger partial charge is 0.0280 e. The molecule has 0 aromatic carbocycles. The van der Waals surface area contributed by atoms with Crippen molar-refractivity contribution >= 4 is 0 Å². The van der Waals surface area contributed by atoms with Crippen LogP contribution in [0.25, 0.3) is 0 Å². The first kappa shape index (κ1) is 11.8. The maximum absolute atomic E-state index is 3.67. The normalized spacial score (nSPS) is 19.6. The van der Waals surface area contributed by atoms with Gasteiger partial charge in [-0.05, 0) is 45.6 Å². The summed E-state index contributed by atoms with van der Waals surface area (Å²) in [6, 6.07) is 0.641. The van der Waals surface area contributed by atoms with Crippen LogP contribution in [0.5, 0.6) is 0 Å². The van der Waals surface area contributed by atoms with Crippen molar-refractivity contribution in [2.24, 2.45) is 5.92 Å². The first-order chi connectivity index (χ1) is 6.74. The van der Waals surface area contributed by atoms with Crippen LogP contribution in [-0.2, 0) is 0 Å². The van der Waals surface area contributed by atoms with Crippen molar-refractivity contribution in [3.63, 3.8) is 0 Å². The summed E-state index contributed by atoms with van der Waals surface area (Å²) in [5.41, 5.74) is 1.45. The van der Waals surface area contributed by atoms with Gasteiger partial charge in [-0.25, -0.2) is 0 Å². The van der Waals surface area contributed by atoms with Gasteiger partial charge in [0.05, 0.1) is 0 Å². The van der Waals surface area contributed by atoms with E-state index in [0.717, 1.165) is 12.5 Å². The lowest BCUT2D eigenvalue weighted by molar-refractivity contribution is 0.413. The third-order valence-corrected chi connectivity index (χ3v) is 3.05. The molecule has 0 bridgehead atoms. The molecule has 0 aliphatic heterocycles. The third-order valence-electron chi connectivity index (χ3n) is 3.05. The van der Waals surface area contributed by atoms with Gasteiger partial charge in [0.2, 0.25) is 0 Å². The molecule has 1 aliphatic rings. The van der Waals surface area contributed by atoms with Crippen LogP contribution in [0.3, 0.4) is 0 Å². The summed E-state index contributed by atoms with van der Waals surface area (Å²) in [4.78, 5) is 0. The van der Waals surface area contributed by atoms with Crippen LogP contribution in [0.2, 0.25) is 0 Å². The fourth-order valence-corrected chi connectivity index (χ4v) is 2.35. The van der Waals surface area contributed by atoms with E-state index in [1.54, 1.807) is 0 Å². The highest BCUT2D eigenvalue weighted by Gasteiger charge is 2.22. The SMILES string of the molecule is CCCNC(C=C(C)C)C1CCCC1. The van der Waals surface area contributed by atoms with E-state index in [1.807, 2.05) is 0 Å². The second-order valence-electron chi connectivity index (χ2n) is 4.77. The van der Waals surface area contributed by atoms with E-state index in [2.05, 4.69) is 32.2 Å². The Morgan fingerprint density at radius 1 is 1.36 bits per heavy atom. The molecule has 1 N–H and O–H groups in total. The molecule has 1 rings (SSSR count). The van der Waals surface area contributed by atoms with Crippen molar-refractivity contribution < 1.29 is 0 Å². The van der Waals surface area contributed by atoms with Crippen LogP contribution >= 0.6 is 0 Å². The van der Waals surface area contributed by atoms with Crippen molar-refractivity contribution in [3.05, 3.63) is 11.6 Å². The summed E-state index contributed by atoms with van der Waals surface area (Å²) in [5.74, 6) is 0.899. The standard InChI is InChI=1S/C13H25N/c1-4-9-14-13(10-11(2)3)12-7-5-6-8-12/h10,12-14H,4-9H2,1-3H3. The first-order valence-corrected chi connectivity index (χ1v) is 6.12. The van der Waals surface area contributed by atoms with Gasteiger partial charge in [0.15, 0.2) is 0 Å². The number of allylic oxidation sites excluding steroid dienone is 1. The monoisotopic (exact) mass is 195 g/mol. The third kappa shape index (κ3) is 3.83. The van der Waals surface area contributed by atoms with Crippen LogP contribution in [0, 0.1) is 5.92 Å². The number of rotatable bonds is 5. The molecule has 82 valence electrons. The fourth-order valence-electron chi connectivity index (χ4n) is 2.35. The summed E-state index contributed by atoms with van der Waals surface area (Å²) in [6.07, 6.45) is 9.37. The van der Waals surface area contributed by atoms with Gasteiger partial charge < -0.3 is 5.32 Å². The van der Waals surface area contributed by atoms with Crippen LogP contribution < -0.4 is 5.32 Å². The van der Waals surface area contributed by atoms with Gasteiger partial charge >= 0.3 is 0 Å². The highest BCUT2D eigenvalue weighted by atomic mass is 14.9. The van der Waals surface area contributed by atoms with Crippen LogP contribution in [0.4, 0.5) is 0 Å². The molecule has 0 aromatic heterocycles. The average molecular weight is 195 g/mol. The van der Waals surface area contributed by atoms with E-state index in [4.69, 9.17) is 0 Å². The minimum atomic E-state index is 0.641. The number of hydrogen-bond acceptors (Lipinski definition) is 1. The molecular formula is C13H25N. The molecule has 1 atom stereocenters. The molecule has 0 spiro atoms. The Kier molecular flexibility index (Phi) is 5.24. The molecule has 1 aliphatic carbocycles. The predicted octanol–water partition coefficient (Wildman–Crippen LogP) is 3.51. The molecule has 1 fully saturated rings. The molecular weight excluding hydrogens is 170 g/mol. The highest BCUT2D eigenvalue weighted by molar-refractivity contribution is 5.04. The van der Waals surface area contributed by atoms with E-state index in [1.165, 1.54) is 37.7 Å². The summed E-state index contributed by atoms with van der Waals surface area (Å²) in [5, 5.41) is 3.67. The first-order valence-electron chi connectivity index (χ1n) is 6.12. The van der Waals surface area contributed by atoms with Gasteiger partial charge in [-0.15, -0.1) is 0 Å². The molecule has 1 saturated carbocycles. The molecule has 0 radical (unpaired) electrons. The van der Waals surface area contributed by atoms with Crippen molar-refractivity contribution in [1.82, 2.24) is 5.32 Å². The quantitative estimate of drug-likeness (QED) is 0.662. The molecule has 1 heteroatoms. The van der Waals surface area contributed by atoms with E-state index in [-0.39, 0.29) is 0 Å². The Labute approximate surface area is 89.0 Å². The molecule has 0 saturated heterocycles. The van der Waals surface area contributed by atoms with Gasteiger partial charge in [0, 0.05) is 6.04 Å². The Morgan fingerprint density at radius 2 is 2.00 bits per heavy atom. The van der Waals surface area contributed by atoms with Crippen molar-refractivity contribution in [2.45, 2.75) is 58.9 Å². The lowest BCUT2D eigenvalue weighted by atomic mass is 9.96. The summed E-state index contributed by atoms with van der Waals surface area (Å²) in [7, 11) is 0. The highest BCUT2D eigenvalue weighted by Crippen LogP contribution is 2.28. The van der Waals surface area contributed by atoms with Gasteiger partial charge in [0.1, 0.15) is 0 Å². The second-order valence-corrected chi connectivity index (χ2v) is 4.77. The minimum Gasteiger partial charge on any atom is -0.310 e. The number of nitrogens with one attached hydrogen (secondary N) is 1. The Balaban J connectivity index is 2.46. The van der Waals surface area contributed by atoms with Crippen LogP contribution in [0.1, 0.15) is 52.9 Å². The van der Waals surface area contributed by atoms with Gasteiger partial charge in [-0.3, -0.25) is 0 Å². The Hall–Kier alpha value is -0.300. The molecule has 0 amide bonds. The predicted molar refractivity (Wildman–Crippen MR) is 63.5 cm³/mol. The van der Waals surface area contributed by atoms with E-state index in [0.29, 0.717) is 6.04 Å². The van der Waals surface area contributed by atoms with E-state index < -0.39 is 0 Å². The minimum absolute atomic E-state index is 0.641. The van der Waals surface area contributed by atoms with E-state index in [9.17, 15) is 0 Å². The largest absolute Gasteiger partial charge is 0.310 e. The molecule has 0 heterocycles. The van der Waals surface area contributed by atoms with Crippen LogP contribution in [-0.4, -0.2) is 12.6 Å². The Bertz CT molecular complexity index is 174. The molecule has 1 nitrogen and oxygen atoms in total. The summed E-state index contributed by atoms with van der Waals surface area (Å²) >= 11 is 0. The topological polar surface area (TPSA) is 12.0 Å². The zero-order valence-electron chi connectivity index (χ0n) is 9.97. The van der Waals surface area contributed by atoms with Crippen molar-refractivity contribution in [1.29, 1.82) is 0 Å². The van der Waals surface area contributed by atoms with Crippen molar-refractivity contribution in [3.8, 4) is 0 Å². The molecule has 1 unspecified atom stereocenters. The van der Waals surface area contributed by atoms with Gasteiger partial charge in [-0.2, -0.15) is 0 Å². The maximum Gasteiger partial charge on any atom is 0.0280 e. The lowest BCUT2D eigenvalue weighted by Crippen LogP contribution is -2.34. The zero-order valence-corrected chi connectivity index (χ0v) is 9.97. The second kappa shape index (κ2) is 6.23. The van der Waals surface area contributed by atoms with E-state index >= 15 is 0 Å². The summed E-state index contributed by atoms with van der Waals surface area (Å²) in [6.45, 7) is 7.80. The van der Waals surface area contributed by atoms with Gasteiger partial charge in [0.25, 0.3) is 0 Å². The maximum atomic E-state index is 3.67. The molecule has 0 aromatic rings. The molecule has 14 heavy (non-hydrogen) atoms. The van der Waals surface area contributed by atoms with Crippen molar-refractivity contribution in [2.75, 3.05) is 6.54 Å². The lowest BCUT2D eigenvalue weighted by Gasteiger charge is -2.22. The Morgan fingerprint density at radius 3 is 2.50 bits per heavy atom.